The van der Waals surface area contributed by atoms with Crippen LogP contribution < -0.4 is 5.32 Å². The lowest BCUT2D eigenvalue weighted by molar-refractivity contribution is -0.151. The monoisotopic (exact) mass is 273 g/mol. The number of esters is 1. The van der Waals surface area contributed by atoms with Crippen molar-refractivity contribution >= 4 is 17.8 Å². The molecular weight excluding hydrogens is 250 g/mol. The van der Waals surface area contributed by atoms with Gasteiger partial charge in [0.15, 0.2) is 0 Å². The number of hydrogen-bond acceptors (Lipinski definition) is 5. The fourth-order valence-electron chi connectivity index (χ4n) is 1.31. The van der Waals surface area contributed by atoms with Crippen LogP contribution in [0, 0.1) is 0 Å². The summed E-state index contributed by atoms with van der Waals surface area (Å²) in [4.78, 5) is 33.2. The lowest BCUT2D eigenvalue weighted by Crippen LogP contribution is -2.33. The van der Waals surface area contributed by atoms with Crippen LogP contribution in [0.1, 0.15) is 46.5 Å². The average Bonchev–Trinajstić information content (AvgIpc) is 2.29. The Balaban J connectivity index is 3.54. The topological polar surface area (TPSA) is 81.7 Å². The van der Waals surface area contributed by atoms with E-state index in [1.165, 1.54) is 7.11 Å². The van der Waals surface area contributed by atoms with Crippen LogP contribution in [0.2, 0.25) is 0 Å². The summed E-state index contributed by atoms with van der Waals surface area (Å²) in [6.45, 7) is 5.88. The van der Waals surface area contributed by atoms with E-state index in [0.29, 0.717) is 13.0 Å². The minimum absolute atomic E-state index is 0.180. The molecular formula is C13H23NO5. The van der Waals surface area contributed by atoms with Gasteiger partial charge in [-0.15, -0.1) is 0 Å². The summed E-state index contributed by atoms with van der Waals surface area (Å²) < 4.78 is 9.37. The number of carbonyl (C=O) groups excluding carboxylic acids is 3. The minimum Gasteiger partial charge on any atom is -0.463 e. The van der Waals surface area contributed by atoms with E-state index < -0.39 is 23.4 Å². The van der Waals surface area contributed by atoms with Gasteiger partial charge < -0.3 is 14.8 Å². The summed E-state index contributed by atoms with van der Waals surface area (Å²) in [7, 11) is 1.19. The molecule has 19 heavy (non-hydrogen) atoms. The Morgan fingerprint density at radius 3 is 2.21 bits per heavy atom. The van der Waals surface area contributed by atoms with E-state index in [4.69, 9.17) is 4.74 Å². The number of methoxy groups -OCH3 is 1. The first-order chi connectivity index (χ1) is 8.76. The van der Waals surface area contributed by atoms with Crippen molar-refractivity contribution in [1.82, 2.24) is 5.32 Å². The summed E-state index contributed by atoms with van der Waals surface area (Å²) in [5.74, 6) is -1.31. The van der Waals surface area contributed by atoms with E-state index in [1.807, 2.05) is 0 Å². The van der Waals surface area contributed by atoms with Crippen molar-refractivity contribution in [2.24, 2.45) is 0 Å². The summed E-state index contributed by atoms with van der Waals surface area (Å²) in [6.07, 6.45) is 1.81. The van der Waals surface area contributed by atoms with Crippen LogP contribution in [0.15, 0.2) is 0 Å². The van der Waals surface area contributed by atoms with Gasteiger partial charge >= 0.3 is 12.1 Å². The van der Waals surface area contributed by atoms with Crippen molar-refractivity contribution < 1.29 is 23.9 Å². The number of rotatable bonds is 7. The first-order valence-electron chi connectivity index (χ1n) is 6.34. The molecule has 0 aromatic rings. The van der Waals surface area contributed by atoms with E-state index in [9.17, 15) is 14.4 Å². The quantitative estimate of drug-likeness (QED) is 0.434. The third kappa shape index (κ3) is 10.1. The standard InChI is InChI=1S/C13H23NO5/c1-13(2,3)19-12(17)14-9-7-5-6-8-10(15)11(16)18-4/h5-9H2,1-4H3,(H,14,17). The summed E-state index contributed by atoms with van der Waals surface area (Å²) >= 11 is 0. The minimum atomic E-state index is -0.799. The van der Waals surface area contributed by atoms with Crippen LogP contribution in [0.5, 0.6) is 0 Å². The van der Waals surface area contributed by atoms with Crippen molar-refractivity contribution in [1.29, 1.82) is 0 Å². The van der Waals surface area contributed by atoms with E-state index in [1.54, 1.807) is 20.8 Å². The fourth-order valence-corrected chi connectivity index (χ4v) is 1.31. The van der Waals surface area contributed by atoms with Crippen LogP contribution in [0.25, 0.3) is 0 Å². The molecule has 1 amide bonds. The molecule has 0 fully saturated rings. The van der Waals surface area contributed by atoms with Crippen molar-refractivity contribution in [3.8, 4) is 0 Å². The molecule has 0 atom stereocenters. The zero-order chi connectivity index (χ0) is 14.9. The number of ether oxygens (including phenoxy) is 2. The Labute approximate surface area is 113 Å². The zero-order valence-corrected chi connectivity index (χ0v) is 12.1. The van der Waals surface area contributed by atoms with Gasteiger partial charge in [-0.3, -0.25) is 4.79 Å². The van der Waals surface area contributed by atoms with Crippen molar-refractivity contribution in [3.63, 3.8) is 0 Å². The molecule has 0 saturated carbocycles. The van der Waals surface area contributed by atoms with Crippen LogP contribution in [0.3, 0.4) is 0 Å². The maximum absolute atomic E-state index is 11.3. The molecule has 0 aromatic heterocycles. The predicted molar refractivity (Wildman–Crippen MR) is 69.7 cm³/mol. The second-order valence-corrected chi connectivity index (χ2v) is 5.15. The van der Waals surface area contributed by atoms with Crippen LogP contribution >= 0.6 is 0 Å². The van der Waals surface area contributed by atoms with Crippen LogP contribution in [-0.2, 0) is 19.1 Å². The Hall–Kier alpha value is -1.59. The molecule has 0 aliphatic carbocycles. The van der Waals surface area contributed by atoms with Crippen molar-refractivity contribution in [3.05, 3.63) is 0 Å². The summed E-state index contributed by atoms with van der Waals surface area (Å²) in [6, 6.07) is 0. The third-order valence-corrected chi connectivity index (χ3v) is 2.16. The molecule has 0 rings (SSSR count). The van der Waals surface area contributed by atoms with Gasteiger partial charge in [0.1, 0.15) is 5.60 Å². The largest absolute Gasteiger partial charge is 0.463 e. The molecule has 1 N–H and O–H groups in total. The highest BCUT2D eigenvalue weighted by Crippen LogP contribution is 2.06. The predicted octanol–water partition coefficient (Wildman–Crippen LogP) is 1.81. The zero-order valence-electron chi connectivity index (χ0n) is 12.1. The molecule has 6 heteroatoms. The van der Waals surface area contributed by atoms with E-state index in [0.717, 1.165) is 12.8 Å². The number of ketones is 1. The molecule has 6 nitrogen and oxygen atoms in total. The maximum Gasteiger partial charge on any atom is 0.407 e. The lowest BCUT2D eigenvalue weighted by Gasteiger charge is -2.19. The number of amides is 1. The number of nitrogens with one attached hydrogen (secondary N) is 1. The average molecular weight is 273 g/mol. The molecule has 110 valence electrons. The smallest absolute Gasteiger partial charge is 0.407 e. The molecule has 0 aliphatic heterocycles. The summed E-state index contributed by atoms with van der Waals surface area (Å²) in [5, 5.41) is 2.62. The van der Waals surface area contributed by atoms with E-state index in [2.05, 4.69) is 10.1 Å². The molecule has 0 saturated heterocycles. The highest BCUT2D eigenvalue weighted by atomic mass is 16.6. The normalized spacial score (nSPS) is 10.7. The van der Waals surface area contributed by atoms with Gasteiger partial charge in [-0.1, -0.05) is 6.42 Å². The van der Waals surface area contributed by atoms with Crippen molar-refractivity contribution in [2.45, 2.75) is 52.1 Å². The van der Waals surface area contributed by atoms with Crippen LogP contribution in [-0.4, -0.2) is 37.1 Å². The highest BCUT2D eigenvalue weighted by molar-refractivity contribution is 6.33. The molecule has 0 aliphatic rings. The number of carbonyl (C=O) groups is 3. The Morgan fingerprint density at radius 1 is 1.05 bits per heavy atom. The highest BCUT2D eigenvalue weighted by Gasteiger charge is 2.15. The molecule has 0 radical (unpaired) electrons. The number of alkyl carbamates (subject to hydrolysis) is 1. The summed E-state index contributed by atoms with van der Waals surface area (Å²) in [5.41, 5.74) is -0.503. The third-order valence-electron chi connectivity index (χ3n) is 2.16. The lowest BCUT2D eigenvalue weighted by atomic mass is 10.1. The number of Topliss-reactive ketones (excluding diaryl/α,β-unsaturated/α-hetero) is 1. The molecule has 0 aromatic carbocycles. The van der Waals surface area contributed by atoms with Crippen molar-refractivity contribution in [2.75, 3.05) is 13.7 Å². The van der Waals surface area contributed by atoms with Gasteiger partial charge in [0.25, 0.3) is 0 Å². The van der Waals surface area contributed by atoms with Gasteiger partial charge in [-0.25, -0.2) is 9.59 Å². The van der Waals surface area contributed by atoms with Gasteiger partial charge in [-0.2, -0.15) is 0 Å². The Bertz CT molecular complexity index is 319. The number of hydrogen-bond donors (Lipinski definition) is 1. The first-order valence-corrected chi connectivity index (χ1v) is 6.34. The Kier molecular flexibility index (Phi) is 7.79. The molecule has 0 unspecified atom stereocenters. The van der Waals surface area contributed by atoms with Gasteiger partial charge in [-0.05, 0) is 33.6 Å². The van der Waals surface area contributed by atoms with Gasteiger partial charge in [0.2, 0.25) is 5.78 Å². The second-order valence-electron chi connectivity index (χ2n) is 5.15. The molecule has 0 bridgehead atoms. The molecule has 0 spiro atoms. The Morgan fingerprint density at radius 2 is 1.68 bits per heavy atom. The van der Waals surface area contributed by atoms with Crippen LogP contribution in [0.4, 0.5) is 4.79 Å². The van der Waals surface area contributed by atoms with Gasteiger partial charge in [0, 0.05) is 13.0 Å². The van der Waals surface area contributed by atoms with E-state index in [-0.39, 0.29) is 6.42 Å². The van der Waals surface area contributed by atoms with E-state index >= 15 is 0 Å². The number of unbranched alkanes of at least 4 members (excludes halogenated alkanes) is 2. The molecule has 0 heterocycles. The SMILES string of the molecule is COC(=O)C(=O)CCCCCNC(=O)OC(C)(C)C. The second kappa shape index (κ2) is 8.50. The first kappa shape index (κ1) is 17.4. The van der Waals surface area contributed by atoms with Gasteiger partial charge in [0.05, 0.1) is 7.11 Å². The fraction of sp³-hybridized carbons (Fsp3) is 0.769. The maximum atomic E-state index is 11.3.